The molecule has 308 valence electrons. The Balaban J connectivity index is 0.00000406. The van der Waals surface area contributed by atoms with Crippen molar-refractivity contribution in [2.24, 2.45) is 28.0 Å². The molecule has 0 spiro atoms. The van der Waals surface area contributed by atoms with Gasteiger partial charge in [-0.3, -0.25) is 26.6 Å². The van der Waals surface area contributed by atoms with Crippen LogP contribution in [-0.4, -0.2) is 134 Å². The van der Waals surface area contributed by atoms with E-state index >= 15 is 0 Å². The van der Waals surface area contributed by atoms with Crippen LogP contribution in [0.4, 0.5) is 0 Å². The van der Waals surface area contributed by atoms with Gasteiger partial charge in [0.05, 0.1) is 73.6 Å². The van der Waals surface area contributed by atoms with Crippen LogP contribution < -0.4 is 102 Å². The molecule has 5 aliphatic rings. The molecular weight excluding hydrogens is 814 g/mol. The normalized spacial score (nSPS) is 39.3. The van der Waals surface area contributed by atoms with E-state index in [1.54, 1.807) is 13.8 Å². The quantitative estimate of drug-likeness (QED) is 0.0603. The molecule has 1 saturated heterocycles. The van der Waals surface area contributed by atoms with Gasteiger partial charge in [0.1, 0.15) is 18.6 Å². The molecule has 4 saturated carbocycles. The minimum Gasteiger partial charge on any atom is -0.748 e. The molecule has 0 bridgehead atoms. The van der Waals surface area contributed by atoms with Crippen molar-refractivity contribution in [2.45, 2.75) is 148 Å². The summed E-state index contributed by atoms with van der Waals surface area (Å²) >= 11 is 0. The average Bonchev–Trinajstić information content (AvgIpc) is 3.03. The van der Waals surface area contributed by atoms with Crippen LogP contribution in [0.5, 0.6) is 0 Å². The molecule has 0 aromatic heterocycles. The summed E-state index contributed by atoms with van der Waals surface area (Å²) in [6.45, 7) is 3.69. The van der Waals surface area contributed by atoms with E-state index < -0.39 is 129 Å². The van der Waals surface area contributed by atoms with Crippen LogP contribution in [0.2, 0.25) is 0 Å². The Bertz CT molecular complexity index is 1780. The number of ether oxygens (including phenoxy) is 1. The third-order valence-electron chi connectivity index (χ3n) is 11.4. The number of nitrogens with one attached hydrogen (secondary N) is 5. The molecule has 57 heavy (non-hydrogen) atoms. The van der Waals surface area contributed by atoms with E-state index in [2.05, 4.69) is 36.8 Å². The Morgan fingerprint density at radius 1 is 0.667 bits per heavy atom. The zero-order valence-corrected chi connectivity index (χ0v) is 36.5. The second kappa shape index (κ2) is 22.8. The fraction of sp³-hybridized carbons (Fsp3) is 1.00. The molecule has 5 fully saturated rings. The first-order chi connectivity index (χ1) is 24.6. The summed E-state index contributed by atoms with van der Waals surface area (Å²) in [5.41, 5.74) is 0. The van der Waals surface area contributed by atoms with Crippen molar-refractivity contribution in [3.8, 4) is 0 Å². The van der Waals surface area contributed by atoms with Crippen LogP contribution >= 0.6 is 0 Å². The topological polar surface area (TPSA) is 343 Å². The van der Waals surface area contributed by atoms with E-state index in [0.29, 0.717) is 25.7 Å². The molecule has 1 aliphatic heterocycles. The molecule has 4 aliphatic carbocycles. The van der Waals surface area contributed by atoms with Crippen LogP contribution in [-0.2, 0) is 45.2 Å². The molecule has 5 rings (SSSR count). The molecule has 15 atom stereocenters. The van der Waals surface area contributed by atoms with Crippen LogP contribution in [0.15, 0.2) is 10.2 Å². The van der Waals surface area contributed by atoms with Gasteiger partial charge in [-0.25, -0.2) is 33.7 Å². The van der Waals surface area contributed by atoms with Gasteiger partial charge in [0.25, 0.3) is 0 Å². The number of nitrogens with zero attached hydrogens (tertiary/aromatic N) is 2. The van der Waals surface area contributed by atoms with Gasteiger partial charge in [-0.1, -0.05) is 19.8 Å². The van der Waals surface area contributed by atoms with Crippen LogP contribution in [0.25, 0.3) is 0 Å². The average molecular weight is 864 g/mol. The molecule has 0 aromatic rings. The second-order valence-electron chi connectivity index (χ2n) is 15.0. The van der Waals surface area contributed by atoms with E-state index in [1.165, 1.54) is 0 Å². The molecule has 0 amide bonds. The molecule has 1 heterocycles. The van der Waals surface area contributed by atoms with Crippen LogP contribution in [0, 0.1) is 17.8 Å². The van der Waals surface area contributed by atoms with Gasteiger partial charge < -0.3 is 28.1 Å². The summed E-state index contributed by atoms with van der Waals surface area (Å²) < 4.78 is 153. The second-order valence-corrected chi connectivity index (χ2v) is 21.4. The maximum absolute atomic E-state index is 12.6. The number of azo groups is 1. The Morgan fingerprint density at radius 2 is 1.23 bits per heavy atom. The predicted octanol–water partition coefficient (Wildman–Crippen LogP) is -14.4. The number of fused-ring (bicyclic) bond motifs is 1. The minimum absolute atomic E-state index is 0. The van der Waals surface area contributed by atoms with Gasteiger partial charge in [0.2, 0.25) is 0 Å². The van der Waals surface area contributed by atoms with E-state index in [-0.39, 0.29) is 120 Å². The van der Waals surface area contributed by atoms with Gasteiger partial charge >= 0.3 is 75.4 Å². The fourth-order valence-electron chi connectivity index (χ4n) is 8.91. The molecule has 0 aromatic carbocycles. The minimum atomic E-state index is -5.22. The fourth-order valence-corrected chi connectivity index (χ4v) is 13.1. The molecule has 21 nitrogen and oxygen atoms in total. The zero-order chi connectivity index (χ0) is 39.1. The Kier molecular flexibility index (Phi) is 22.6. The predicted molar refractivity (Wildman–Crippen MR) is 181 cm³/mol. The van der Waals surface area contributed by atoms with Crippen molar-refractivity contribution in [1.29, 1.82) is 0 Å². The Labute approximate surface area is 383 Å². The number of hydrogen-bond donors (Lipinski definition) is 6. The van der Waals surface area contributed by atoms with Gasteiger partial charge in [0, 0.05) is 24.6 Å². The summed E-state index contributed by atoms with van der Waals surface area (Å²) in [5.74, 6) is -2.11. The van der Waals surface area contributed by atoms with Crippen molar-refractivity contribution in [2.75, 3.05) is 6.61 Å². The van der Waals surface area contributed by atoms with E-state index in [1.807, 2.05) is 0 Å². The largest absolute Gasteiger partial charge is 1.00 e. The van der Waals surface area contributed by atoms with Crippen LogP contribution in [0.1, 0.15) is 78.1 Å². The Morgan fingerprint density at radius 3 is 1.77 bits per heavy atom. The van der Waals surface area contributed by atoms with Crippen molar-refractivity contribution in [3.05, 3.63) is 0 Å². The van der Waals surface area contributed by atoms with Crippen molar-refractivity contribution >= 4 is 40.5 Å². The van der Waals surface area contributed by atoms with Gasteiger partial charge in [-0.05, 0) is 70.1 Å². The van der Waals surface area contributed by atoms with Gasteiger partial charge in [0.15, 0.2) is 6.35 Å². The third kappa shape index (κ3) is 14.7. The number of aliphatic hydroxyl groups excluding tert-OH is 1. The molecular formula is C28H49Li4N7O14S4. The van der Waals surface area contributed by atoms with Crippen LogP contribution in [0.3, 0.4) is 0 Å². The molecule has 0 radical (unpaired) electrons. The summed E-state index contributed by atoms with van der Waals surface area (Å²) in [5, 5.41) is 29.3. The van der Waals surface area contributed by atoms with Gasteiger partial charge in [-0.15, -0.1) is 0 Å². The monoisotopic (exact) mass is 863 g/mol. The summed E-state index contributed by atoms with van der Waals surface area (Å²) in [6.07, 6.45) is -3.28. The SMILES string of the molecule is CCOC1NC(NC2CC(S(=O)(=O)[O-])CC3CC(S(=O)(=O)[O-])C(N=NC4CCC(C)CC4S(=O)(=O)[O-])C(O)C32)NC(NC2CCCCC2S(=O)(=O)[O-])N1.[Li+].[Li+].[Li+].[Li+]. The third-order valence-corrected chi connectivity index (χ3v) is 16.4. The first-order valence-electron chi connectivity index (χ1n) is 17.8. The van der Waals surface area contributed by atoms with Crippen molar-refractivity contribution in [3.63, 3.8) is 0 Å². The number of rotatable bonds is 12. The number of hydrogen-bond acceptors (Lipinski definition) is 21. The van der Waals surface area contributed by atoms with Crippen molar-refractivity contribution < 1.29 is 137 Å². The molecule has 15 unspecified atom stereocenters. The first kappa shape index (κ1) is 56.4. The molecule has 29 heteroatoms. The summed E-state index contributed by atoms with van der Waals surface area (Å²) in [7, 11) is -19.7. The maximum atomic E-state index is 12.6. The Hall–Kier alpha value is 1.35. The summed E-state index contributed by atoms with van der Waals surface area (Å²) in [4.78, 5) is 0. The van der Waals surface area contributed by atoms with E-state index in [0.717, 1.165) is 0 Å². The number of aliphatic hydroxyl groups is 1. The summed E-state index contributed by atoms with van der Waals surface area (Å²) in [6, 6.07) is -4.64. The molecule has 6 N–H and O–H groups in total. The van der Waals surface area contributed by atoms with Crippen molar-refractivity contribution in [1.82, 2.24) is 26.6 Å². The van der Waals surface area contributed by atoms with E-state index in [9.17, 15) is 57.0 Å². The standard InChI is InChI=1S/C28H53N7O14S4.4Li/c1-3-49-28-32-26(29-17-6-4-5-7-20(17)51(40,41)42)31-27(33-28)30-19-13-16(50(37,38)39)11-15-12-22(53(46,47)48)24(25(36)23(15)19)35-34-18-9-8-14(2)10-21(18)52(43,44)45;;;;/h14-33,36H,3-13H2,1-2H3,(H,37,38,39)(H,40,41,42)(H,43,44,45)(H,46,47,48);;;;/q;4*+1/p-4. The first-order valence-corrected chi connectivity index (χ1v) is 23.7. The zero-order valence-electron chi connectivity index (χ0n) is 33.2. The smallest absolute Gasteiger partial charge is 0.748 e. The van der Waals surface area contributed by atoms with E-state index in [4.69, 9.17) is 4.74 Å². The maximum Gasteiger partial charge on any atom is 1.00 e. The van der Waals surface area contributed by atoms with Gasteiger partial charge in [-0.2, -0.15) is 10.2 Å².